The SMILES string of the molecule is Brc1cncc2[nH]cc(C#CCN3CCCCC3)c12. The average molecular weight is 318 g/mol. The Kier molecular flexibility index (Phi) is 3.86. The first-order valence-electron chi connectivity index (χ1n) is 6.66. The number of rotatable bonds is 1. The van der Waals surface area contributed by atoms with Crippen molar-refractivity contribution in [3.63, 3.8) is 0 Å². The zero-order valence-corrected chi connectivity index (χ0v) is 12.3. The Balaban J connectivity index is 1.78. The van der Waals surface area contributed by atoms with Gasteiger partial charge in [0.15, 0.2) is 0 Å². The van der Waals surface area contributed by atoms with Gasteiger partial charge in [0.2, 0.25) is 0 Å². The normalized spacial score (nSPS) is 16.3. The first-order chi connectivity index (χ1) is 9.34. The van der Waals surface area contributed by atoms with Crippen molar-refractivity contribution in [2.45, 2.75) is 19.3 Å². The number of pyridine rings is 1. The van der Waals surface area contributed by atoms with Crippen LogP contribution in [0.3, 0.4) is 0 Å². The van der Waals surface area contributed by atoms with Crippen LogP contribution in [0.5, 0.6) is 0 Å². The molecule has 4 heteroatoms. The largest absolute Gasteiger partial charge is 0.359 e. The third-order valence-corrected chi connectivity index (χ3v) is 4.12. The molecule has 2 aromatic heterocycles. The Hall–Kier alpha value is -1.31. The van der Waals surface area contributed by atoms with Gasteiger partial charge in [-0.15, -0.1) is 0 Å². The number of halogens is 1. The van der Waals surface area contributed by atoms with Gasteiger partial charge in [-0.2, -0.15) is 0 Å². The first kappa shape index (κ1) is 12.7. The number of aromatic amines is 1. The van der Waals surface area contributed by atoms with Crippen LogP contribution >= 0.6 is 15.9 Å². The van der Waals surface area contributed by atoms with Gasteiger partial charge in [0.05, 0.1) is 23.8 Å². The lowest BCUT2D eigenvalue weighted by Gasteiger charge is -2.23. The van der Waals surface area contributed by atoms with Crippen LogP contribution in [0.2, 0.25) is 0 Å². The number of likely N-dealkylation sites (tertiary alicyclic amines) is 1. The van der Waals surface area contributed by atoms with E-state index in [1.54, 1.807) is 0 Å². The number of H-pyrrole nitrogens is 1. The maximum atomic E-state index is 4.14. The lowest BCUT2D eigenvalue weighted by Crippen LogP contribution is -2.29. The zero-order valence-electron chi connectivity index (χ0n) is 10.7. The van der Waals surface area contributed by atoms with E-state index in [4.69, 9.17) is 0 Å². The van der Waals surface area contributed by atoms with Crippen molar-refractivity contribution in [1.82, 2.24) is 14.9 Å². The topological polar surface area (TPSA) is 31.9 Å². The molecule has 1 fully saturated rings. The Morgan fingerprint density at radius 1 is 1.26 bits per heavy atom. The number of piperidine rings is 1. The minimum atomic E-state index is 0.870. The molecule has 98 valence electrons. The van der Waals surface area contributed by atoms with Gasteiger partial charge >= 0.3 is 0 Å². The summed E-state index contributed by atoms with van der Waals surface area (Å²) in [4.78, 5) is 9.79. The van der Waals surface area contributed by atoms with Crippen LogP contribution in [0.15, 0.2) is 23.1 Å². The molecule has 1 N–H and O–H groups in total. The summed E-state index contributed by atoms with van der Waals surface area (Å²) in [6.07, 6.45) is 9.59. The highest BCUT2D eigenvalue weighted by atomic mass is 79.9. The van der Waals surface area contributed by atoms with E-state index in [0.717, 1.165) is 27.5 Å². The van der Waals surface area contributed by atoms with Crippen molar-refractivity contribution >= 4 is 26.8 Å². The average Bonchev–Trinajstić information content (AvgIpc) is 2.85. The molecule has 1 saturated heterocycles. The second-order valence-electron chi connectivity index (χ2n) is 4.88. The standard InChI is InChI=1S/C15H16BrN3/c16-13-10-17-11-14-15(13)12(9-18-14)5-4-8-19-6-2-1-3-7-19/h9-11,18H,1-3,6-8H2. The number of nitrogens with one attached hydrogen (secondary N) is 1. The molecule has 0 radical (unpaired) electrons. The number of hydrogen-bond acceptors (Lipinski definition) is 2. The van der Waals surface area contributed by atoms with Gasteiger partial charge in [-0.3, -0.25) is 9.88 Å². The molecule has 0 unspecified atom stereocenters. The van der Waals surface area contributed by atoms with E-state index < -0.39 is 0 Å². The molecule has 2 aromatic rings. The van der Waals surface area contributed by atoms with E-state index in [-0.39, 0.29) is 0 Å². The lowest BCUT2D eigenvalue weighted by molar-refractivity contribution is 0.255. The van der Waals surface area contributed by atoms with Crippen LogP contribution in [0.25, 0.3) is 10.9 Å². The molecule has 3 nitrogen and oxygen atoms in total. The van der Waals surface area contributed by atoms with Crippen LogP contribution < -0.4 is 0 Å². The highest BCUT2D eigenvalue weighted by molar-refractivity contribution is 9.10. The van der Waals surface area contributed by atoms with Crippen molar-refractivity contribution in [1.29, 1.82) is 0 Å². The van der Waals surface area contributed by atoms with E-state index in [9.17, 15) is 0 Å². The monoisotopic (exact) mass is 317 g/mol. The van der Waals surface area contributed by atoms with Crippen molar-refractivity contribution in [2.24, 2.45) is 0 Å². The molecule has 1 aliphatic heterocycles. The molecule has 3 rings (SSSR count). The van der Waals surface area contributed by atoms with E-state index >= 15 is 0 Å². The van der Waals surface area contributed by atoms with E-state index in [2.05, 4.69) is 42.6 Å². The maximum Gasteiger partial charge on any atom is 0.0664 e. The van der Waals surface area contributed by atoms with Gasteiger partial charge in [0, 0.05) is 22.3 Å². The maximum absolute atomic E-state index is 4.14. The Labute approximate surface area is 121 Å². The second kappa shape index (κ2) is 5.77. The Morgan fingerprint density at radius 3 is 2.95 bits per heavy atom. The van der Waals surface area contributed by atoms with Crippen molar-refractivity contribution in [3.8, 4) is 11.8 Å². The third-order valence-electron chi connectivity index (χ3n) is 3.52. The lowest BCUT2D eigenvalue weighted by atomic mass is 10.1. The predicted octanol–water partition coefficient (Wildman–Crippen LogP) is 3.16. The van der Waals surface area contributed by atoms with Gasteiger partial charge in [-0.1, -0.05) is 18.3 Å². The molecule has 19 heavy (non-hydrogen) atoms. The summed E-state index contributed by atoms with van der Waals surface area (Å²) in [5, 5.41) is 1.13. The molecule has 0 bridgehead atoms. The van der Waals surface area contributed by atoms with E-state index in [1.807, 2.05) is 18.6 Å². The minimum absolute atomic E-state index is 0.870. The quantitative estimate of drug-likeness (QED) is 0.819. The zero-order chi connectivity index (χ0) is 13.1. The second-order valence-corrected chi connectivity index (χ2v) is 5.74. The van der Waals surface area contributed by atoms with E-state index in [0.29, 0.717) is 0 Å². The molecule has 3 heterocycles. The number of hydrogen-bond donors (Lipinski definition) is 1. The van der Waals surface area contributed by atoms with Gasteiger partial charge in [-0.05, 0) is 41.9 Å². The molecular weight excluding hydrogens is 302 g/mol. The van der Waals surface area contributed by atoms with Crippen molar-refractivity contribution in [2.75, 3.05) is 19.6 Å². The van der Waals surface area contributed by atoms with Crippen molar-refractivity contribution < 1.29 is 0 Å². The molecule has 0 amide bonds. The first-order valence-corrected chi connectivity index (χ1v) is 7.46. The molecule has 1 aliphatic rings. The fourth-order valence-electron chi connectivity index (χ4n) is 2.50. The van der Waals surface area contributed by atoms with Crippen LogP contribution in [0, 0.1) is 11.8 Å². The molecular formula is C15H16BrN3. The third kappa shape index (κ3) is 2.83. The number of aromatic nitrogens is 2. The Bertz CT molecular complexity index is 630. The molecule has 0 atom stereocenters. The predicted molar refractivity (Wildman–Crippen MR) is 81.0 cm³/mol. The fourth-order valence-corrected chi connectivity index (χ4v) is 3.05. The molecule has 0 aromatic carbocycles. The van der Waals surface area contributed by atoms with Crippen LogP contribution in [-0.4, -0.2) is 34.5 Å². The Morgan fingerprint density at radius 2 is 2.11 bits per heavy atom. The van der Waals surface area contributed by atoms with Gasteiger partial charge in [0.1, 0.15) is 0 Å². The summed E-state index contributed by atoms with van der Waals surface area (Å²) in [7, 11) is 0. The molecule has 0 saturated carbocycles. The minimum Gasteiger partial charge on any atom is -0.359 e. The number of fused-ring (bicyclic) bond motifs is 1. The van der Waals surface area contributed by atoms with Crippen LogP contribution in [0.4, 0.5) is 0 Å². The van der Waals surface area contributed by atoms with Gasteiger partial charge < -0.3 is 4.98 Å². The molecule has 0 aliphatic carbocycles. The van der Waals surface area contributed by atoms with Gasteiger partial charge in [0.25, 0.3) is 0 Å². The van der Waals surface area contributed by atoms with Crippen LogP contribution in [0.1, 0.15) is 24.8 Å². The van der Waals surface area contributed by atoms with Crippen molar-refractivity contribution in [3.05, 3.63) is 28.6 Å². The summed E-state index contributed by atoms with van der Waals surface area (Å²) < 4.78 is 0.994. The highest BCUT2D eigenvalue weighted by Crippen LogP contribution is 2.25. The fraction of sp³-hybridized carbons (Fsp3) is 0.400. The molecule has 0 spiro atoms. The highest BCUT2D eigenvalue weighted by Gasteiger charge is 2.08. The summed E-state index contributed by atoms with van der Waals surface area (Å²) in [6, 6.07) is 0. The summed E-state index contributed by atoms with van der Waals surface area (Å²) >= 11 is 3.53. The number of nitrogens with zero attached hydrogens (tertiary/aromatic N) is 2. The van der Waals surface area contributed by atoms with Gasteiger partial charge in [-0.25, -0.2) is 0 Å². The summed E-state index contributed by atoms with van der Waals surface area (Å²) in [5.41, 5.74) is 2.07. The summed E-state index contributed by atoms with van der Waals surface area (Å²) in [5.74, 6) is 6.57. The smallest absolute Gasteiger partial charge is 0.0664 e. The summed E-state index contributed by atoms with van der Waals surface area (Å²) in [6.45, 7) is 3.25. The van der Waals surface area contributed by atoms with Crippen LogP contribution in [-0.2, 0) is 0 Å². The van der Waals surface area contributed by atoms with E-state index in [1.165, 1.54) is 32.4 Å².